The van der Waals surface area contributed by atoms with E-state index in [2.05, 4.69) is 40.5 Å². The molecule has 0 unspecified atom stereocenters. The van der Waals surface area contributed by atoms with E-state index < -0.39 is 0 Å². The van der Waals surface area contributed by atoms with E-state index in [0.717, 1.165) is 38.4 Å². The monoisotopic (exact) mass is 234 g/mol. The average molecular weight is 234 g/mol. The van der Waals surface area contributed by atoms with Gasteiger partial charge in [-0.1, -0.05) is 0 Å². The molecule has 0 radical (unpaired) electrons. The molecule has 1 aromatic heterocycles. The van der Waals surface area contributed by atoms with Crippen LogP contribution in [0.5, 0.6) is 0 Å². The minimum Gasteiger partial charge on any atom is -0.296 e. The molecular weight excluding hydrogens is 212 g/mol. The molecule has 1 aromatic rings. The Labute approximate surface area is 104 Å². The Balaban J connectivity index is 1.84. The molecule has 1 aliphatic rings. The van der Waals surface area contributed by atoms with Crippen molar-refractivity contribution >= 4 is 0 Å². The van der Waals surface area contributed by atoms with Crippen LogP contribution in [0.25, 0.3) is 0 Å². The van der Waals surface area contributed by atoms with Crippen molar-refractivity contribution in [2.24, 2.45) is 0 Å². The summed E-state index contributed by atoms with van der Waals surface area (Å²) >= 11 is 0. The lowest BCUT2D eigenvalue weighted by Gasteiger charge is -2.42. The Morgan fingerprint density at radius 1 is 1.18 bits per heavy atom. The van der Waals surface area contributed by atoms with Crippen molar-refractivity contribution in [2.75, 3.05) is 26.2 Å². The molecule has 0 spiro atoms. The third-order valence-electron chi connectivity index (χ3n) is 3.35. The van der Waals surface area contributed by atoms with Crippen LogP contribution < -0.4 is 0 Å². The van der Waals surface area contributed by atoms with Crippen LogP contribution >= 0.6 is 0 Å². The molecule has 4 heteroatoms. The molecule has 0 atom stereocenters. The molecule has 1 fully saturated rings. The fourth-order valence-corrected chi connectivity index (χ4v) is 2.22. The van der Waals surface area contributed by atoms with Gasteiger partial charge in [0.15, 0.2) is 0 Å². The topological polar surface area (TPSA) is 32.3 Å². The number of nitrogens with zero attached hydrogens (tertiary/aromatic N) is 4. The summed E-state index contributed by atoms with van der Waals surface area (Å²) in [5, 5.41) is 0. The predicted octanol–water partition coefficient (Wildman–Crippen LogP) is 1.39. The minimum atomic E-state index is 0.293. The first kappa shape index (κ1) is 12.5. The van der Waals surface area contributed by atoms with Crippen LogP contribution in [0.1, 0.15) is 26.5 Å². The molecule has 2 rings (SSSR count). The smallest absolute Gasteiger partial charge is 0.115 e. The maximum absolute atomic E-state index is 4.27. The molecule has 0 bridgehead atoms. The van der Waals surface area contributed by atoms with Crippen molar-refractivity contribution in [2.45, 2.75) is 32.9 Å². The van der Waals surface area contributed by atoms with E-state index in [-0.39, 0.29) is 0 Å². The lowest BCUT2D eigenvalue weighted by Crippen LogP contribution is -2.53. The number of aromatic nitrogens is 2. The maximum atomic E-state index is 4.27. The van der Waals surface area contributed by atoms with Gasteiger partial charge in [0.05, 0.1) is 5.69 Å². The number of piperazine rings is 1. The normalized spacial score (nSPS) is 19.5. The highest BCUT2D eigenvalue weighted by atomic mass is 15.3. The molecule has 0 aliphatic carbocycles. The van der Waals surface area contributed by atoms with Crippen LogP contribution in [0, 0.1) is 0 Å². The van der Waals surface area contributed by atoms with Crippen LogP contribution in [-0.4, -0.2) is 51.5 Å². The average Bonchev–Trinajstić information content (AvgIpc) is 2.30. The fraction of sp³-hybridized carbons (Fsp3) is 0.692. The summed E-state index contributed by atoms with van der Waals surface area (Å²) in [7, 11) is 0. The quantitative estimate of drug-likeness (QED) is 0.774. The molecule has 0 saturated carbocycles. The first-order chi connectivity index (χ1) is 8.05. The van der Waals surface area contributed by atoms with Gasteiger partial charge in [-0.3, -0.25) is 9.80 Å². The highest BCUT2D eigenvalue weighted by Crippen LogP contribution is 2.16. The minimum absolute atomic E-state index is 0.293. The van der Waals surface area contributed by atoms with Crippen molar-refractivity contribution in [3.8, 4) is 0 Å². The molecular formula is C13H22N4. The molecule has 0 N–H and O–H groups in total. The lowest BCUT2D eigenvalue weighted by molar-refractivity contribution is 0.0585. The van der Waals surface area contributed by atoms with Crippen molar-refractivity contribution in [1.29, 1.82) is 0 Å². The Hall–Kier alpha value is -1.00. The SMILES string of the molecule is CC(C)(C)N1CCN(Cc2ccncn2)CC1. The Morgan fingerprint density at radius 3 is 2.41 bits per heavy atom. The first-order valence-corrected chi connectivity index (χ1v) is 6.28. The standard InChI is InChI=1S/C13H22N4/c1-13(2,3)17-8-6-16(7-9-17)10-12-4-5-14-11-15-12/h4-5,11H,6-10H2,1-3H3. The van der Waals surface area contributed by atoms with Gasteiger partial charge in [0, 0.05) is 44.5 Å². The van der Waals surface area contributed by atoms with Gasteiger partial charge in [0.25, 0.3) is 0 Å². The lowest BCUT2D eigenvalue weighted by atomic mass is 10.0. The van der Waals surface area contributed by atoms with E-state index in [4.69, 9.17) is 0 Å². The zero-order valence-corrected chi connectivity index (χ0v) is 11.1. The molecule has 0 amide bonds. The van der Waals surface area contributed by atoms with Gasteiger partial charge in [-0.05, 0) is 26.8 Å². The van der Waals surface area contributed by atoms with E-state index in [1.807, 2.05) is 12.3 Å². The second kappa shape index (κ2) is 5.10. The Kier molecular flexibility index (Phi) is 3.74. The van der Waals surface area contributed by atoms with Gasteiger partial charge in [-0.25, -0.2) is 9.97 Å². The van der Waals surface area contributed by atoms with Crippen molar-refractivity contribution in [3.63, 3.8) is 0 Å². The predicted molar refractivity (Wildman–Crippen MR) is 68.6 cm³/mol. The van der Waals surface area contributed by atoms with Gasteiger partial charge < -0.3 is 0 Å². The van der Waals surface area contributed by atoms with Crippen LogP contribution in [-0.2, 0) is 6.54 Å². The third-order valence-corrected chi connectivity index (χ3v) is 3.35. The fourth-order valence-electron chi connectivity index (χ4n) is 2.22. The van der Waals surface area contributed by atoms with E-state index in [1.54, 1.807) is 6.33 Å². The summed E-state index contributed by atoms with van der Waals surface area (Å²) in [6.07, 6.45) is 3.44. The number of hydrogen-bond donors (Lipinski definition) is 0. The molecule has 94 valence electrons. The van der Waals surface area contributed by atoms with E-state index in [1.165, 1.54) is 0 Å². The summed E-state index contributed by atoms with van der Waals surface area (Å²) in [5.74, 6) is 0. The summed E-state index contributed by atoms with van der Waals surface area (Å²) in [6, 6.07) is 2.00. The van der Waals surface area contributed by atoms with Crippen molar-refractivity contribution < 1.29 is 0 Å². The van der Waals surface area contributed by atoms with Crippen LogP contribution in [0.3, 0.4) is 0 Å². The summed E-state index contributed by atoms with van der Waals surface area (Å²) in [5.41, 5.74) is 1.41. The summed E-state index contributed by atoms with van der Waals surface area (Å²) in [6.45, 7) is 12.3. The summed E-state index contributed by atoms with van der Waals surface area (Å²) < 4.78 is 0. The molecule has 1 saturated heterocycles. The van der Waals surface area contributed by atoms with Crippen molar-refractivity contribution in [3.05, 3.63) is 24.3 Å². The zero-order valence-electron chi connectivity index (χ0n) is 11.1. The van der Waals surface area contributed by atoms with Crippen molar-refractivity contribution in [1.82, 2.24) is 19.8 Å². The Bertz CT molecular complexity index is 336. The third kappa shape index (κ3) is 3.48. The maximum Gasteiger partial charge on any atom is 0.115 e. The molecule has 1 aliphatic heterocycles. The van der Waals surface area contributed by atoms with E-state index >= 15 is 0 Å². The highest BCUT2D eigenvalue weighted by molar-refractivity contribution is 4.98. The molecule has 4 nitrogen and oxygen atoms in total. The first-order valence-electron chi connectivity index (χ1n) is 6.28. The highest BCUT2D eigenvalue weighted by Gasteiger charge is 2.25. The van der Waals surface area contributed by atoms with Crippen LogP contribution in [0.4, 0.5) is 0 Å². The molecule has 17 heavy (non-hydrogen) atoms. The van der Waals surface area contributed by atoms with Crippen LogP contribution in [0.15, 0.2) is 18.6 Å². The zero-order chi connectivity index (χ0) is 12.3. The number of rotatable bonds is 2. The number of hydrogen-bond acceptors (Lipinski definition) is 4. The van der Waals surface area contributed by atoms with E-state index in [9.17, 15) is 0 Å². The van der Waals surface area contributed by atoms with Crippen LogP contribution in [0.2, 0.25) is 0 Å². The second-order valence-electron chi connectivity index (χ2n) is 5.63. The largest absolute Gasteiger partial charge is 0.296 e. The van der Waals surface area contributed by atoms with Gasteiger partial charge >= 0.3 is 0 Å². The van der Waals surface area contributed by atoms with Gasteiger partial charge in [0.2, 0.25) is 0 Å². The Morgan fingerprint density at radius 2 is 1.88 bits per heavy atom. The van der Waals surface area contributed by atoms with Gasteiger partial charge in [-0.2, -0.15) is 0 Å². The molecule has 0 aromatic carbocycles. The van der Waals surface area contributed by atoms with Gasteiger partial charge in [0.1, 0.15) is 6.33 Å². The second-order valence-corrected chi connectivity index (χ2v) is 5.63. The molecule has 2 heterocycles. The van der Waals surface area contributed by atoms with Gasteiger partial charge in [-0.15, -0.1) is 0 Å². The summed E-state index contributed by atoms with van der Waals surface area (Å²) in [4.78, 5) is 13.2. The van der Waals surface area contributed by atoms with E-state index in [0.29, 0.717) is 5.54 Å².